The summed E-state index contributed by atoms with van der Waals surface area (Å²) in [7, 11) is 0. The summed E-state index contributed by atoms with van der Waals surface area (Å²) >= 11 is 0. The normalized spacial score (nSPS) is 10.2. The minimum absolute atomic E-state index is 0.325. The fraction of sp³-hybridized carbons (Fsp3) is 0.350. The molecule has 0 saturated heterocycles. The van der Waals surface area contributed by atoms with E-state index in [0.29, 0.717) is 31.1 Å². The molecule has 0 fully saturated rings. The van der Waals surface area contributed by atoms with Gasteiger partial charge in [0.15, 0.2) is 0 Å². The maximum absolute atomic E-state index is 11.7. The second kappa shape index (κ2) is 9.60. The van der Waals surface area contributed by atoms with Gasteiger partial charge in [-0.1, -0.05) is 18.2 Å². The summed E-state index contributed by atoms with van der Waals surface area (Å²) in [4.78, 5) is 11.7. The molecule has 0 spiro atoms. The molecule has 0 saturated carbocycles. The molecule has 0 bridgehead atoms. The lowest BCUT2D eigenvalue weighted by Crippen LogP contribution is -2.06. The van der Waals surface area contributed by atoms with Gasteiger partial charge < -0.3 is 14.2 Å². The average Bonchev–Trinajstić information content (AvgIpc) is 2.58. The number of hydrogen-bond acceptors (Lipinski definition) is 4. The third-order valence-corrected chi connectivity index (χ3v) is 3.41. The van der Waals surface area contributed by atoms with Crippen LogP contribution in [0.3, 0.4) is 0 Å². The van der Waals surface area contributed by atoms with Crippen molar-refractivity contribution in [3.05, 3.63) is 59.7 Å². The SMILES string of the molecule is CCOC(=O)c1cccc(OCCCCOc2cccc(C)c2)c1. The summed E-state index contributed by atoms with van der Waals surface area (Å²) in [5.41, 5.74) is 1.70. The zero-order valence-electron chi connectivity index (χ0n) is 14.3. The van der Waals surface area contributed by atoms with Crippen molar-refractivity contribution in [1.29, 1.82) is 0 Å². The molecule has 128 valence electrons. The molecule has 24 heavy (non-hydrogen) atoms. The largest absolute Gasteiger partial charge is 0.494 e. The maximum atomic E-state index is 11.7. The van der Waals surface area contributed by atoms with Crippen LogP contribution >= 0.6 is 0 Å². The van der Waals surface area contributed by atoms with Gasteiger partial charge in [0.05, 0.1) is 25.4 Å². The summed E-state index contributed by atoms with van der Waals surface area (Å²) in [5, 5.41) is 0. The highest BCUT2D eigenvalue weighted by molar-refractivity contribution is 5.89. The molecule has 0 radical (unpaired) electrons. The summed E-state index contributed by atoms with van der Waals surface area (Å²) < 4.78 is 16.4. The van der Waals surface area contributed by atoms with Crippen LogP contribution in [0.25, 0.3) is 0 Å². The van der Waals surface area contributed by atoms with Crippen LogP contribution in [0.5, 0.6) is 11.5 Å². The van der Waals surface area contributed by atoms with E-state index < -0.39 is 0 Å². The van der Waals surface area contributed by atoms with E-state index in [1.807, 2.05) is 37.3 Å². The molecular formula is C20H24O4. The number of ether oxygens (including phenoxy) is 3. The lowest BCUT2D eigenvalue weighted by molar-refractivity contribution is 0.0526. The molecule has 4 nitrogen and oxygen atoms in total. The van der Waals surface area contributed by atoms with E-state index in [2.05, 4.69) is 0 Å². The van der Waals surface area contributed by atoms with E-state index >= 15 is 0 Å². The lowest BCUT2D eigenvalue weighted by Gasteiger charge is -2.09. The van der Waals surface area contributed by atoms with Gasteiger partial charge in [-0.25, -0.2) is 4.79 Å². The van der Waals surface area contributed by atoms with Crippen LogP contribution in [0.1, 0.15) is 35.7 Å². The molecule has 0 N–H and O–H groups in total. The quantitative estimate of drug-likeness (QED) is 0.505. The molecule has 0 amide bonds. The summed E-state index contributed by atoms with van der Waals surface area (Å²) in [6.07, 6.45) is 1.79. The first kappa shape index (κ1) is 17.9. The lowest BCUT2D eigenvalue weighted by atomic mass is 10.2. The second-order valence-corrected chi connectivity index (χ2v) is 5.47. The van der Waals surface area contributed by atoms with E-state index in [1.54, 1.807) is 25.1 Å². The summed E-state index contributed by atoms with van der Waals surface area (Å²) in [5.74, 6) is 1.26. The van der Waals surface area contributed by atoms with Crippen molar-refractivity contribution in [1.82, 2.24) is 0 Å². The van der Waals surface area contributed by atoms with Crippen LogP contribution in [-0.2, 0) is 4.74 Å². The van der Waals surface area contributed by atoms with Crippen molar-refractivity contribution >= 4 is 5.97 Å². The van der Waals surface area contributed by atoms with Gasteiger partial charge in [-0.3, -0.25) is 0 Å². The van der Waals surface area contributed by atoms with Gasteiger partial charge >= 0.3 is 5.97 Å². The number of aryl methyl sites for hydroxylation is 1. The first-order valence-corrected chi connectivity index (χ1v) is 8.28. The van der Waals surface area contributed by atoms with Gasteiger partial charge in [-0.15, -0.1) is 0 Å². The Morgan fingerprint density at radius 3 is 2.17 bits per heavy atom. The average molecular weight is 328 g/mol. The molecule has 0 aliphatic rings. The zero-order chi connectivity index (χ0) is 17.2. The van der Waals surface area contributed by atoms with Crippen molar-refractivity contribution < 1.29 is 19.0 Å². The van der Waals surface area contributed by atoms with E-state index in [9.17, 15) is 4.79 Å². The highest BCUT2D eigenvalue weighted by Crippen LogP contribution is 2.15. The minimum atomic E-state index is -0.325. The van der Waals surface area contributed by atoms with Gasteiger partial charge in [0.2, 0.25) is 0 Å². The first-order chi connectivity index (χ1) is 11.7. The Hall–Kier alpha value is -2.49. The van der Waals surface area contributed by atoms with Crippen LogP contribution in [0.4, 0.5) is 0 Å². The van der Waals surface area contributed by atoms with Crippen molar-refractivity contribution in [2.24, 2.45) is 0 Å². The van der Waals surface area contributed by atoms with Crippen LogP contribution in [0.15, 0.2) is 48.5 Å². The Labute approximate surface area is 143 Å². The Kier molecular flexibility index (Phi) is 7.15. The third-order valence-electron chi connectivity index (χ3n) is 3.41. The molecule has 2 aromatic rings. The van der Waals surface area contributed by atoms with Crippen molar-refractivity contribution in [2.45, 2.75) is 26.7 Å². The van der Waals surface area contributed by atoms with E-state index in [0.717, 1.165) is 18.6 Å². The highest BCUT2D eigenvalue weighted by atomic mass is 16.5. The molecule has 2 rings (SSSR count). The van der Waals surface area contributed by atoms with Crippen molar-refractivity contribution in [3.63, 3.8) is 0 Å². The number of rotatable bonds is 9. The van der Waals surface area contributed by atoms with Gasteiger partial charge in [0, 0.05) is 0 Å². The Balaban J connectivity index is 1.67. The predicted molar refractivity (Wildman–Crippen MR) is 93.8 cm³/mol. The Morgan fingerprint density at radius 1 is 0.917 bits per heavy atom. The molecular weight excluding hydrogens is 304 g/mol. The van der Waals surface area contributed by atoms with Crippen LogP contribution in [-0.4, -0.2) is 25.8 Å². The van der Waals surface area contributed by atoms with Crippen LogP contribution in [0.2, 0.25) is 0 Å². The number of benzene rings is 2. The number of carbonyl (C=O) groups is 1. The second-order valence-electron chi connectivity index (χ2n) is 5.47. The van der Waals surface area contributed by atoms with Crippen LogP contribution in [0, 0.1) is 6.92 Å². The molecule has 0 aromatic heterocycles. The monoisotopic (exact) mass is 328 g/mol. The van der Waals surface area contributed by atoms with Gasteiger partial charge in [-0.05, 0) is 62.6 Å². The van der Waals surface area contributed by atoms with Crippen LogP contribution < -0.4 is 9.47 Å². The molecule has 0 atom stereocenters. The molecule has 0 heterocycles. The molecule has 0 unspecified atom stereocenters. The molecule has 4 heteroatoms. The Bertz CT molecular complexity index is 652. The Morgan fingerprint density at radius 2 is 1.54 bits per heavy atom. The van der Waals surface area contributed by atoms with Gasteiger partial charge in [0.1, 0.15) is 11.5 Å². The third kappa shape index (κ3) is 5.95. The topological polar surface area (TPSA) is 44.8 Å². The van der Waals surface area contributed by atoms with E-state index in [1.165, 1.54) is 5.56 Å². The van der Waals surface area contributed by atoms with Gasteiger partial charge in [0.25, 0.3) is 0 Å². The fourth-order valence-corrected chi connectivity index (χ4v) is 2.22. The zero-order valence-corrected chi connectivity index (χ0v) is 14.3. The highest BCUT2D eigenvalue weighted by Gasteiger charge is 2.07. The smallest absolute Gasteiger partial charge is 0.338 e. The standard InChI is InChI=1S/C20H24O4/c1-3-22-20(21)17-9-7-11-19(15-17)24-13-5-4-12-23-18-10-6-8-16(2)14-18/h6-11,14-15H,3-5,12-13H2,1-2H3. The molecule has 0 aliphatic carbocycles. The summed E-state index contributed by atoms with van der Waals surface area (Å²) in [6.45, 7) is 5.45. The number of carbonyl (C=O) groups excluding carboxylic acids is 1. The molecule has 0 aliphatic heterocycles. The van der Waals surface area contributed by atoms with Crippen molar-refractivity contribution in [2.75, 3.05) is 19.8 Å². The van der Waals surface area contributed by atoms with E-state index in [-0.39, 0.29) is 5.97 Å². The van der Waals surface area contributed by atoms with Gasteiger partial charge in [-0.2, -0.15) is 0 Å². The van der Waals surface area contributed by atoms with E-state index in [4.69, 9.17) is 14.2 Å². The first-order valence-electron chi connectivity index (χ1n) is 8.28. The summed E-state index contributed by atoms with van der Waals surface area (Å²) in [6, 6.07) is 15.1. The molecule has 2 aromatic carbocycles. The number of unbranched alkanes of at least 4 members (excludes halogenated alkanes) is 1. The number of esters is 1. The number of hydrogen-bond donors (Lipinski definition) is 0. The minimum Gasteiger partial charge on any atom is -0.494 e. The predicted octanol–water partition coefficient (Wildman–Crippen LogP) is 4.41. The fourth-order valence-electron chi connectivity index (χ4n) is 2.22. The maximum Gasteiger partial charge on any atom is 0.338 e. The van der Waals surface area contributed by atoms with Crippen molar-refractivity contribution in [3.8, 4) is 11.5 Å².